The second-order valence-electron chi connectivity index (χ2n) is 16.0. The topological polar surface area (TPSA) is 65.1 Å². The zero-order valence-electron chi connectivity index (χ0n) is 24.3. The van der Waals surface area contributed by atoms with E-state index >= 15 is 0 Å². The van der Waals surface area contributed by atoms with Gasteiger partial charge in [0.15, 0.2) is 5.60 Å². The molecule has 0 radical (unpaired) electrons. The standard InChI is InChI=1S/C32H48O5/c1-17-9-14-31-16-15-30(8)29(7)13-10-20-27(4,5)21(35-19(3)33)11-12-28(20,6)24(29)22-25(36-22)32(30,37-26(31)34)23(31)18(17)2/h17-18,20-25H,9-16H2,1-8H3/t17?,18?,20?,21?,22?,23?,24?,25?,28-,29+,30-,31-,32+/m0/s1. The zero-order valence-corrected chi connectivity index (χ0v) is 24.3. The molecule has 5 saturated carbocycles. The lowest BCUT2D eigenvalue weighted by molar-refractivity contribution is -0.278. The van der Waals surface area contributed by atoms with Gasteiger partial charge in [0.2, 0.25) is 0 Å². The summed E-state index contributed by atoms with van der Waals surface area (Å²) in [5, 5.41) is 0. The van der Waals surface area contributed by atoms with Crippen LogP contribution in [0.3, 0.4) is 0 Å². The van der Waals surface area contributed by atoms with Gasteiger partial charge in [-0.25, -0.2) is 0 Å². The van der Waals surface area contributed by atoms with Crippen LogP contribution in [0.1, 0.15) is 107 Å². The molecule has 7 fully saturated rings. The van der Waals surface area contributed by atoms with Crippen LogP contribution in [0, 0.1) is 56.7 Å². The van der Waals surface area contributed by atoms with E-state index in [4.69, 9.17) is 14.2 Å². The fraction of sp³-hybridized carbons (Fsp3) is 0.938. The van der Waals surface area contributed by atoms with E-state index in [0.717, 1.165) is 51.4 Å². The molecule has 2 heterocycles. The van der Waals surface area contributed by atoms with Gasteiger partial charge in [0.1, 0.15) is 12.2 Å². The van der Waals surface area contributed by atoms with Crippen LogP contribution in [0.4, 0.5) is 0 Å². The normalized spacial score (nSPS) is 60.6. The molecule has 5 aliphatic carbocycles. The third kappa shape index (κ3) is 2.50. The lowest BCUT2D eigenvalue weighted by Crippen LogP contribution is -2.75. The average Bonchev–Trinajstić information content (AvgIpc) is 3.56. The lowest BCUT2D eigenvalue weighted by atomic mass is 9.30. The molecular weight excluding hydrogens is 464 g/mol. The molecule has 206 valence electrons. The first-order chi connectivity index (χ1) is 17.2. The van der Waals surface area contributed by atoms with Crippen molar-refractivity contribution in [1.29, 1.82) is 0 Å². The molecule has 7 rings (SSSR count). The Morgan fingerprint density at radius 2 is 1.65 bits per heavy atom. The highest BCUT2D eigenvalue weighted by molar-refractivity contribution is 5.82. The van der Waals surface area contributed by atoms with Gasteiger partial charge in [-0.15, -0.1) is 0 Å². The first kappa shape index (κ1) is 24.9. The Bertz CT molecular complexity index is 1070. The molecule has 0 N–H and O–H groups in total. The largest absolute Gasteiger partial charge is 0.462 e. The summed E-state index contributed by atoms with van der Waals surface area (Å²) < 4.78 is 19.6. The van der Waals surface area contributed by atoms with Crippen molar-refractivity contribution in [3.63, 3.8) is 0 Å². The fourth-order valence-electron chi connectivity index (χ4n) is 12.8. The summed E-state index contributed by atoms with van der Waals surface area (Å²) in [6.07, 6.45) is 8.58. The van der Waals surface area contributed by atoms with Gasteiger partial charge in [-0.2, -0.15) is 0 Å². The van der Waals surface area contributed by atoms with Crippen LogP contribution in [0.5, 0.6) is 0 Å². The second-order valence-corrected chi connectivity index (χ2v) is 16.0. The molecule has 0 amide bonds. The first-order valence-electron chi connectivity index (χ1n) is 15.3. The number of epoxide rings is 1. The SMILES string of the molecule is CC(=O)OC1CC[C@@]2(C)C(CC[C@]3(C)C2C2OC2[C@]24OC(=O)[C@@]5(CCC(C)C(C)C52)CC[C@]43C)C1(C)C. The van der Waals surface area contributed by atoms with Crippen molar-refractivity contribution in [2.75, 3.05) is 0 Å². The lowest BCUT2D eigenvalue weighted by Gasteiger charge is -2.72. The number of rotatable bonds is 1. The highest BCUT2D eigenvalue weighted by Gasteiger charge is 2.89. The molecule has 0 aromatic heterocycles. The monoisotopic (exact) mass is 512 g/mol. The molecule has 37 heavy (non-hydrogen) atoms. The summed E-state index contributed by atoms with van der Waals surface area (Å²) in [6.45, 7) is 18.6. The summed E-state index contributed by atoms with van der Waals surface area (Å²) in [4.78, 5) is 25.8. The number of carbonyl (C=O) groups is 2. The van der Waals surface area contributed by atoms with E-state index in [1.807, 2.05) is 0 Å². The van der Waals surface area contributed by atoms with Gasteiger partial charge in [0, 0.05) is 23.7 Å². The van der Waals surface area contributed by atoms with Gasteiger partial charge in [-0.3, -0.25) is 9.59 Å². The van der Waals surface area contributed by atoms with Crippen molar-refractivity contribution < 1.29 is 23.8 Å². The van der Waals surface area contributed by atoms with Crippen molar-refractivity contribution in [2.24, 2.45) is 56.7 Å². The zero-order chi connectivity index (χ0) is 26.6. The Labute approximate surface area is 223 Å². The summed E-state index contributed by atoms with van der Waals surface area (Å²) in [5.41, 5.74) is -0.804. The molecule has 2 aliphatic heterocycles. The second kappa shape index (κ2) is 6.96. The molecule has 5 nitrogen and oxygen atoms in total. The third-order valence-electron chi connectivity index (χ3n) is 14.8. The molecule has 0 aromatic rings. The third-order valence-corrected chi connectivity index (χ3v) is 14.8. The maximum absolute atomic E-state index is 13.9. The molecule has 7 aliphatic rings. The van der Waals surface area contributed by atoms with Crippen molar-refractivity contribution in [3.8, 4) is 0 Å². The first-order valence-corrected chi connectivity index (χ1v) is 15.3. The van der Waals surface area contributed by atoms with Gasteiger partial charge in [-0.05, 0) is 85.9 Å². The summed E-state index contributed by atoms with van der Waals surface area (Å²) in [7, 11) is 0. The van der Waals surface area contributed by atoms with Crippen LogP contribution >= 0.6 is 0 Å². The fourth-order valence-corrected chi connectivity index (χ4v) is 12.8. The van der Waals surface area contributed by atoms with Crippen molar-refractivity contribution in [2.45, 2.75) is 131 Å². The van der Waals surface area contributed by atoms with Crippen molar-refractivity contribution >= 4 is 11.9 Å². The number of hydrogen-bond donors (Lipinski definition) is 0. The quantitative estimate of drug-likeness (QED) is 0.304. The summed E-state index contributed by atoms with van der Waals surface area (Å²) in [6, 6.07) is 0. The maximum atomic E-state index is 13.9. The number of carbonyl (C=O) groups excluding carboxylic acids is 2. The van der Waals surface area contributed by atoms with E-state index in [9.17, 15) is 9.59 Å². The minimum absolute atomic E-state index is 0.0236. The van der Waals surface area contributed by atoms with Crippen LogP contribution in [-0.4, -0.2) is 35.9 Å². The highest BCUT2D eigenvalue weighted by Crippen LogP contribution is 2.83. The van der Waals surface area contributed by atoms with Gasteiger partial charge in [0.05, 0.1) is 11.5 Å². The molecule has 2 saturated heterocycles. The molecule has 1 spiro atoms. The highest BCUT2D eigenvalue weighted by atomic mass is 16.6. The summed E-state index contributed by atoms with van der Waals surface area (Å²) in [5.74, 6) is 2.18. The molecule has 13 atom stereocenters. The predicted octanol–water partition coefficient (Wildman–Crippen LogP) is 6.32. The van der Waals surface area contributed by atoms with Crippen LogP contribution in [0.2, 0.25) is 0 Å². The maximum Gasteiger partial charge on any atom is 0.313 e. The predicted molar refractivity (Wildman–Crippen MR) is 139 cm³/mol. The molecule has 2 bridgehead atoms. The van der Waals surface area contributed by atoms with Gasteiger partial charge in [-0.1, -0.05) is 48.5 Å². The van der Waals surface area contributed by atoms with E-state index in [2.05, 4.69) is 48.5 Å². The number of fused-ring (bicyclic) bond motifs is 6. The van der Waals surface area contributed by atoms with Crippen LogP contribution in [0.25, 0.3) is 0 Å². The number of esters is 2. The van der Waals surface area contributed by atoms with Crippen LogP contribution in [0.15, 0.2) is 0 Å². The Morgan fingerprint density at radius 3 is 2.35 bits per heavy atom. The van der Waals surface area contributed by atoms with E-state index < -0.39 is 5.60 Å². The molecular formula is C32H48O5. The number of ether oxygens (including phenoxy) is 3. The van der Waals surface area contributed by atoms with Crippen molar-refractivity contribution in [3.05, 3.63) is 0 Å². The van der Waals surface area contributed by atoms with E-state index in [-0.39, 0.29) is 63.2 Å². The Hall–Kier alpha value is -1.10. The van der Waals surface area contributed by atoms with E-state index in [1.165, 1.54) is 0 Å². The molecule has 5 heteroatoms. The average molecular weight is 513 g/mol. The molecule has 0 aromatic carbocycles. The molecule has 8 unspecified atom stereocenters. The van der Waals surface area contributed by atoms with Crippen LogP contribution in [-0.2, 0) is 23.8 Å². The van der Waals surface area contributed by atoms with Crippen LogP contribution < -0.4 is 0 Å². The minimum atomic E-state index is -0.486. The van der Waals surface area contributed by atoms with E-state index in [1.54, 1.807) is 6.92 Å². The smallest absolute Gasteiger partial charge is 0.313 e. The van der Waals surface area contributed by atoms with Crippen molar-refractivity contribution in [1.82, 2.24) is 0 Å². The van der Waals surface area contributed by atoms with Gasteiger partial charge >= 0.3 is 11.9 Å². The Balaban J connectivity index is 1.34. The van der Waals surface area contributed by atoms with Gasteiger partial charge in [0.25, 0.3) is 0 Å². The Morgan fingerprint density at radius 1 is 0.919 bits per heavy atom. The Kier molecular flexibility index (Phi) is 4.69. The summed E-state index contributed by atoms with van der Waals surface area (Å²) >= 11 is 0. The van der Waals surface area contributed by atoms with Gasteiger partial charge < -0.3 is 14.2 Å². The number of hydrogen-bond acceptors (Lipinski definition) is 5. The van der Waals surface area contributed by atoms with E-state index in [0.29, 0.717) is 23.7 Å². The minimum Gasteiger partial charge on any atom is -0.462 e.